The van der Waals surface area contributed by atoms with Crippen molar-refractivity contribution in [3.63, 3.8) is 0 Å². The summed E-state index contributed by atoms with van der Waals surface area (Å²) in [5.41, 5.74) is -0.283. The van der Waals surface area contributed by atoms with E-state index in [1.165, 1.54) is 18.2 Å². The Morgan fingerprint density at radius 1 is 0.721 bits per heavy atom. The summed E-state index contributed by atoms with van der Waals surface area (Å²) in [5, 5.41) is 0. The molecule has 0 saturated carbocycles. The molecule has 0 aliphatic heterocycles. The zero-order valence-electron chi connectivity index (χ0n) is 23.9. The van der Waals surface area contributed by atoms with Crippen LogP contribution in [-0.4, -0.2) is 19.2 Å². The summed E-state index contributed by atoms with van der Waals surface area (Å²) < 4.78 is 104. The molecule has 1 unspecified atom stereocenters. The molecule has 4 nitrogen and oxygen atoms in total. The van der Waals surface area contributed by atoms with Crippen LogP contribution in [-0.2, 0) is 0 Å². The van der Waals surface area contributed by atoms with Gasteiger partial charge in [0.1, 0.15) is 0 Å². The molecule has 43 heavy (non-hydrogen) atoms. The summed E-state index contributed by atoms with van der Waals surface area (Å²) in [6, 6.07) is 7.10. The van der Waals surface area contributed by atoms with Crippen LogP contribution in [0.4, 0.5) is 26.3 Å². The van der Waals surface area contributed by atoms with E-state index in [1.807, 2.05) is 13.8 Å². The largest absolute Gasteiger partial charge is 0.490 e. The predicted octanol–water partition coefficient (Wildman–Crippen LogP) is 9.45. The molecule has 0 radical (unpaired) electrons. The molecule has 3 aromatic carbocycles. The molecule has 10 heteroatoms. The molecule has 0 spiro atoms. The third-order valence-electron chi connectivity index (χ3n) is 7.30. The molecule has 0 saturated heterocycles. The van der Waals surface area contributed by atoms with Crippen molar-refractivity contribution < 1.29 is 45.3 Å². The zero-order valence-corrected chi connectivity index (χ0v) is 23.9. The van der Waals surface area contributed by atoms with Crippen molar-refractivity contribution in [1.82, 2.24) is 0 Å². The molecule has 0 heterocycles. The van der Waals surface area contributed by atoms with Gasteiger partial charge in [0, 0.05) is 5.56 Å². The summed E-state index contributed by atoms with van der Waals surface area (Å²) in [4.78, 5) is 12.5. The van der Waals surface area contributed by atoms with E-state index in [-0.39, 0.29) is 54.6 Å². The Labute approximate surface area is 246 Å². The van der Waals surface area contributed by atoms with Gasteiger partial charge in [-0.2, -0.15) is 13.2 Å². The number of benzene rings is 3. The highest BCUT2D eigenvalue weighted by molar-refractivity contribution is 5.91. The van der Waals surface area contributed by atoms with Gasteiger partial charge in [0.25, 0.3) is 0 Å². The summed E-state index contributed by atoms with van der Waals surface area (Å²) in [5.74, 6) is -10.9. The number of rotatable bonds is 12. The van der Waals surface area contributed by atoms with Crippen molar-refractivity contribution in [1.29, 1.82) is 0 Å². The SMILES string of the molecule is CCCCOc1ccc(C(=O)Oc2ccc(C3=CCC(c4ccc(OCCCC)c(F)c4F)CC3)c(F)c2F)c(F)c1F. The smallest absolute Gasteiger partial charge is 0.346 e. The van der Waals surface area contributed by atoms with E-state index in [0.717, 1.165) is 31.0 Å². The number of carbonyl (C=O) groups excluding carboxylic acids is 1. The van der Waals surface area contributed by atoms with E-state index in [2.05, 4.69) is 0 Å². The van der Waals surface area contributed by atoms with Gasteiger partial charge in [-0.25, -0.2) is 18.0 Å². The van der Waals surface area contributed by atoms with Gasteiger partial charge in [-0.1, -0.05) is 38.8 Å². The second-order valence-corrected chi connectivity index (χ2v) is 10.3. The topological polar surface area (TPSA) is 44.8 Å². The minimum Gasteiger partial charge on any atom is -0.490 e. The van der Waals surface area contributed by atoms with E-state index in [4.69, 9.17) is 14.2 Å². The van der Waals surface area contributed by atoms with Gasteiger partial charge in [0.2, 0.25) is 17.5 Å². The van der Waals surface area contributed by atoms with E-state index >= 15 is 4.39 Å². The van der Waals surface area contributed by atoms with E-state index in [0.29, 0.717) is 24.8 Å². The van der Waals surface area contributed by atoms with Crippen molar-refractivity contribution in [2.75, 3.05) is 13.2 Å². The number of unbranched alkanes of at least 4 members (excludes halogenated alkanes) is 2. The van der Waals surface area contributed by atoms with Gasteiger partial charge in [0.05, 0.1) is 18.8 Å². The fourth-order valence-electron chi connectivity index (χ4n) is 4.80. The van der Waals surface area contributed by atoms with Gasteiger partial charge in [-0.05, 0) is 79.5 Å². The summed E-state index contributed by atoms with van der Waals surface area (Å²) >= 11 is 0. The molecular formula is C33H32F6O4. The van der Waals surface area contributed by atoms with Crippen molar-refractivity contribution >= 4 is 11.5 Å². The Morgan fingerprint density at radius 3 is 1.91 bits per heavy atom. The molecule has 1 aliphatic rings. The average Bonchev–Trinajstić information content (AvgIpc) is 3.00. The highest BCUT2D eigenvalue weighted by Gasteiger charge is 2.27. The standard InChI is InChI=1S/C33H32F6O4/c1-3-5-17-41-24-14-11-21(27(34)30(24)37)19-7-9-20(10-8-19)22-12-16-26(32(39)28(22)35)43-33(40)23-13-15-25(31(38)29(23)36)42-18-6-4-2/h9,11-16,19H,3-8,10,17-18H2,1-2H3. The van der Waals surface area contributed by atoms with Gasteiger partial charge >= 0.3 is 5.97 Å². The molecule has 3 aromatic rings. The fourth-order valence-corrected chi connectivity index (χ4v) is 4.80. The Balaban J connectivity index is 1.46. The van der Waals surface area contributed by atoms with Crippen molar-refractivity contribution in [2.45, 2.75) is 64.7 Å². The summed E-state index contributed by atoms with van der Waals surface area (Å²) in [7, 11) is 0. The Bertz CT molecular complexity index is 1500. The predicted molar refractivity (Wildman–Crippen MR) is 149 cm³/mol. The monoisotopic (exact) mass is 606 g/mol. The average molecular weight is 607 g/mol. The van der Waals surface area contributed by atoms with Crippen molar-refractivity contribution in [3.8, 4) is 17.2 Å². The second kappa shape index (κ2) is 14.5. The maximum absolute atomic E-state index is 15.1. The van der Waals surface area contributed by atoms with Crippen LogP contribution in [0.25, 0.3) is 5.57 Å². The highest BCUT2D eigenvalue weighted by Crippen LogP contribution is 2.40. The summed E-state index contributed by atoms with van der Waals surface area (Å²) in [6.45, 7) is 4.28. The zero-order chi connectivity index (χ0) is 31.1. The van der Waals surface area contributed by atoms with Gasteiger partial charge < -0.3 is 14.2 Å². The first-order valence-corrected chi connectivity index (χ1v) is 14.3. The molecule has 0 aromatic heterocycles. The number of esters is 1. The quantitative estimate of drug-likeness (QED) is 0.0892. The molecule has 1 aliphatic carbocycles. The van der Waals surface area contributed by atoms with Crippen LogP contribution in [0.5, 0.6) is 17.2 Å². The minimum absolute atomic E-state index is 0.0899. The number of carbonyl (C=O) groups is 1. The number of hydrogen-bond acceptors (Lipinski definition) is 4. The third kappa shape index (κ3) is 7.17. The van der Waals surface area contributed by atoms with E-state index < -0.39 is 52.2 Å². The van der Waals surface area contributed by atoms with Gasteiger partial charge in [-0.3, -0.25) is 0 Å². The Hall–Kier alpha value is -3.95. The van der Waals surface area contributed by atoms with E-state index in [9.17, 15) is 26.7 Å². The first kappa shape index (κ1) is 32.0. The lowest BCUT2D eigenvalue weighted by Crippen LogP contribution is -2.14. The number of hydrogen-bond donors (Lipinski definition) is 0. The lowest BCUT2D eigenvalue weighted by Gasteiger charge is -2.24. The van der Waals surface area contributed by atoms with E-state index in [1.54, 1.807) is 6.08 Å². The molecule has 0 amide bonds. The van der Waals surface area contributed by atoms with Crippen LogP contribution in [0.2, 0.25) is 0 Å². The third-order valence-corrected chi connectivity index (χ3v) is 7.30. The minimum atomic E-state index is -1.53. The van der Waals surface area contributed by atoms with Crippen molar-refractivity contribution in [3.05, 3.63) is 94.1 Å². The first-order valence-electron chi connectivity index (χ1n) is 14.3. The van der Waals surface area contributed by atoms with Gasteiger partial charge in [-0.15, -0.1) is 0 Å². The van der Waals surface area contributed by atoms with Crippen LogP contribution >= 0.6 is 0 Å². The number of halogens is 6. The molecule has 0 fully saturated rings. The molecular weight excluding hydrogens is 574 g/mol. The highest BCUT2D eigenvalue weighted by atomic mass is 19.2. The van der Waals surface area contributed by atoms with Crippen molar-refractivity contribution in [2.24, 2.45) is 0 Å². The van der Waals surface area contributed by atoms with Crippen LogP contribution in [0, 0.1) is 34.9 Å². The molecule has 230 valence electrons. The van der Waals surface area contributed by atoms with Crippen LogP contribution in [0.15, 0.2) is 42.5 Å². The fraction of sp³-hybridized carbons (Fsp3) is 0.364. The normalized spacial score (nSPS) is 14.8. The molecule has 4 rings (SSSR count). The lowest BCUT2D eigenvalue weighted by molar-refractivity contribution is 0.0720. The van der Waals surface area contributed by atoms with Crippen LogP contribution in [0.1, 0.15) is 86.2 Å². The molecule has 0 bridgehead atoms. The Kier molecular flexibility index (Phi) is 10.8. The van der Waals surface area contributed by atoms with Crippen LogP contribution < -0.4 is 14.2 Å². The number of allylic oxidation sites excluding steroid dienone is 2. The molecule has 0 N–H and O–H groups in total. The maximum atomic E-state index is 15.1. The lowest BCUT2D eigenvalue weighted by atomic mass is 9.82. The van der Waals surface area contributed by atoms with Gasteiger partial charge in [0.15, 0.2) is 34.7 Å². The second-order valence-electron chi connectivity index (χ2n) is 10.3. The van der Waals surface area contributed by atoms with Crippen LogP contribution in [0.3, 0.4) is 0 Å². The molecule has 1 atom stereocenters. The maximum Gasteiger partial charge on any atom is 0.346 e. The number of ether oxygens (including phenoxy) is 3. The summed E-state index contributed by atoms with van der Waals surface area (Å²) in [6.07, 6.45) is 5.42. The first-order chi connectivity index (χ1) is 20.7. The Morgan fingerprint density at radius 2 is 1.30 bits per heavy atom.